The summed E-state index contributed by atoms with van der Waals surface area (Å²) in [5.74, 6) is 0.852. The SMILES string of the molecule is COc1ccccc1CO[C@H](c1ccccc1)[C@@H](c1ccccc1)N(C)C. The number of ether oxygens (including phenoxy) is 2. The highest BCUT2D eigenvalue weighted by Gasteiger charge is 2.27. The van der Waals surface area contributed by atoms with Crippen LogP contribution < -0.4 is 4.74 Å². The molecule has 0 spiro atoms. The number of nitrogens with zero attached hydrogens (tertiary/aromatic N) is 1. The molecule has 3 aromatic carbocycles. The Bertz CT molecular complexity index is 818. The molecule has 3 aromatic rings. The zero-order valence-corrected chi connectivity index (χ0v) is 16.2. The number of likely N-dealkylation sites (N-methyl/N-ethyl adjacent to an activating group) is 1. The number of rotatable bonds is 8. The van der Waals surface area contributed by atoms with Gasteiger partial charge in [-0.25, -0.2) is 0 Å². The van der Waals surface area contributed by atoms with Gasteiger partial charge in [-0.2, -0.15) is 0 Å². The van der Waals surface area contributed by atoms with Gasteiger partial charge in [-0.05, 0) is 31.3 Å². The number of hydrogen-bond acceptors (Lipinski definition) is 3. The summed E-state index contributed by atoms with van der Waals surface area (Å²) in [4.78, 5) is 2.22. The topological polar surface area (TPSA) is 21.7 Å². The molecule has 0 aliphatic carbocycles. The molecule has 0 N–H and O–H groups in total. The van der Waals surface area contributed by atoms with E-state index in [4.69, 9.17) is 9.47 Å². The molecule has 0 heterocycles. The molecule has 2 atom stereocenters. The van der Waals surface area contributed by atoms with Gasteiger partial charge in [-0.1, -0.05) is 78.9 Å². The maximum atomic E-state index is 6.51. The van der Waals surface area contributed by atoms with Crippen molar-refractivity contribution in [3.63, 3.8) is 0 Å². The lowest BCUT2D eigenvalue weighted by atomic mass is 9.94. The molecule has 0 amide bonds. The Labute approximate surface area is 162 Å². The second-order valence-electron chi connectivity index (χ2n) is 6.77. The molecule has 0 fully saturated rings. The van der Waals surface area contributed by atoms with E-state index >= 15 is 0 Å². The molecule has 140 valence electrons. The van der Waals surface area contributed by atoms with E-state index in [2.05, 4.69) is 67.5 Å². The van der Waals surface area contributed by atoms with Crippen LogP contribution in [-0.2, 0) is 11.3 Å². The summed E-state index contributed by atoms with van der Waals surface area (Å²) in [5, 5.41) is 0. The summed E-state index contributed by atoms with van der Waals surface area (Å²) in [5.41, 5.74) is 3.44. The quantitative estimate of drug-likeness (QED) is 0.546. The first-order valence-electron chi connectivity index (χ1n) is 9.20. The van der Waals surface area contributed by atoms with Crippen molar-refractivity contribution in [1.29, 1.82) is 0 Å². The molecular weight excluding hydrogens is 334 g/mol. The van der Waals surface area contributed by atoms with Crippen LogP contribution in [-0.4, -0.2) is 26.1 Å². The fourth-order valence-electron chi connectivity index (χ4n) is 3.41. The molecule has 0 aliphatic heterocycles. The zero-order valence-electron chi connectivity index (χ0n) is 16.2. The molecular formula is C24H27NO2. The minimum atomic E-state index is -0.103. The van der Waals surface area contributed by atoms with E-state index in [0.717, 1.165) is 16.9 Å². The van der Waals surface area contributed by atoms with Gasteiger partial charge in [0.2, 0.25) is 0 Å². The predicted molar refractivity (Wildman–Crippen MR) is 110 cm³/mol. The van der Waals surface area contributed by atoms with Crippen LogP contribution in [0.4, 0.5) is 0 Å². The zero-order chi connectivity index (χ0) is 19.1. The van der Waals surface area contributed by atoms with Crippen LogP contribution in [0.15, 0.2) is 84.9 Å². The van der Waals surface area contributed by atoms with Crippen molar-refractivity contribution in [2.75, 3.05) is 21.2 Å². The van der Waals surface area contributed by atoms with E-state index in [9.17, 15) is 0 Å². The molecule has 3 rings (SSSR count). The lowest BCUT2D eigenvalue weighted by Crippen LogP contribution is -2.28. The minimum absolute atomic E-state index is 0.100. The Morgan fingerprint density at radius 1 is 0.741 bits per heavy atom. The van der Waals surface area contributed by atoms with Crippen molar-refractivity contribution in [2.45, 2.75) is 18.8 Å². The van der Waals surface area contributed by atoms with Gasteiger partial charge in [0.15, 0.2) is 0 Å². The summed E-state index contributed by atoms with van der Waals surface area (Å²) < 4.78 is 12.0. The van der Waals surface area contributed by atoms with Crippen LogP contribution in [0, 0.1) is 0 Å². The van der Waals surface area contributed by atoms with Crippen LogP contribution >= 0.6 is 0 Å². The fourth-order valence-corrected chi connectivity index (χ4v) is 3.41. The van der Waals surface area contributed by atoms with Crippen molar-refractivity contribution in [3.05, 3.63) is 102 Å². The Balaban J connectivity index is 1.93. The van der Waals surface area contributed by atoms with Crippen molar-refractivity contribution in [2.24, 2.45) is 0 Å². The average molecular weight is 361 g/mol. The Hall–Kier alpha value is -2.62. The first-order valence-corrected chi connectivity index (χ1v) is 9.20. The molecule has 0 radical (unpaired) electrons. The molecule has 0 aromatic heterocycles. The maximum absolute atomic E-state index is 6.51. The second-order valence-corrected chi connectivity index (χ2v) is 6.77. The van der Waals surface area contributed by atoms with Crippen LogP contribution in [0.2, 0.25) is 0 Å². The number of hydrogen-bond donors (Lipinski definition) is 0. The lowest BCUT2D eigenvalue weighted by Gasteiger charge is -2.33. The normalized spacial score (nSPS) is 13.3. The Morgan fingerprint density at radius 3 is 1.89 bits per heavy atom. The third-order valence-corrected chi connectivity index (χ3v) is 4.72. The highest BCUT2D eigenvalue weighted by atomic mass is 16.5. The third-order valence-electron chi connectivity index (χ3n) is 4.72. The monoisotopic (exact) mass is 361 g/mol. The highest BCUT2D eigenvalue weighted by molar-refractivity contribution is 5.33. The van der Waals surface area contributed by atoms with Gasteiger partial charge in [0.05, 0.1) is 19.8 Å². The second kappa shape index (κ2) is 9.36. The molecule has 0 saturated heterocycles. The highest BCUT2D eigenvalue weighted by Crippen LogP contribution is 2.36. The van der Waals surface area contributed by atoms with Crippen molar-refractivity contribution in [3.8, 4) is 5.75 Å². The summed E-state index contributed by atoms with van der Waals surface area (Å²) in [6.45, 7) is 0.487. The third kappa shape index (κ3) is 4.76. The van der Waals surface area contributed by atoms with E-state index < -0.39 is 0 Å². The largest absolute Gasteiger partial charge is 0.496 e. The van der Waals surface area contributed by atoms with Gasteiger partial charge in [0, 0.05) is 5.56 Å². The van der Waals surface area contributed by atoms with Crippen LogP contribution in [0.25, 0.3) is 0 Å². The van der Waals surface area contributed by atoms with Gasteiger partial charge in [0.25, 0.3) is 0 Å². The van der Waals surface area contributed by atoms with Gasteiger partial charge >= 0.3 is 0 Å². The van der Waals surface area contributed by atoms with Crippen molar-refractivity contribution in [1.82, 2.24) is 4.90 Å². The Morgan fingerprint density at radius 2 is 1.30 bits per heavy atom. The van der Waals surface area contributed by atoms with Gasteiger partial charge in [-0.15, -0.1) is 0 Å². The number of methoxy groups -OCH3 is 1. The van der Waals surface area contributed by atoms with Crippen molar-refractivity contribution >= 4 is 0 Å². The molecule has 27 heavy (non-hydrogen) atoms. The molecule has 0 bridgehead atoms. The van der Waals surface area contributed by atoms with Crippen LogP contribution in [0.5, 0.6) is 5.75 Å². The van der Waals surface area contributed by atoms with E-state index in [1.165, 1.54) is 5.56 Å². The fraction of sp³-hybridized carbons (Fsp3) is 0.250. The molecule has 3 nitrogen and oxygen atoms in total. The predicted octanol–water partition coefficient (Wildman–Crippen LogP) is 5.26. The average Bonchev–Trinajstić information content (AvgIpc) is 2.72. The van der Waals surface area contributed by atoms with Gasteiger partial charge < -0.3 is 9.47 Å². The summed E-state index contributed by atoms with van der Waals surface area (Å²) in [6, 6.07) is 29.1. The molecule has 0 saturated carbocycles. The molecule has 3 heteroatoms. The van der Waals surface area contributed by atoms with Gasteiger partial charge in [-0.3, -0.25) is 4.90 Å². The van der Waals surface area contributed by atoms with E-state index in [1.807, 2.05) is 36.4 Å². The summed E-state index contributed by atoms with van der Waals surface area (Å²) in [6.07, 6.45) is -0.103. The van der Waals surface area contributed by atoms with Crippen LogP contribution in [0.1, 0.15) is 28.8 Å². The number of benzene rings is 3. The standard InChI is InChI=1S/C24H27NO2/c1-25(2)23(19-12-6-4-7-13-19)24(20-14-8-5-9-15-20)27-18-21-16-10-11-17-22(21)26-3/h4-17,23-24H,18H2,1-3H3/t23-,24-/m1/s1. The summed E-state index contributed by atoms with van der Waals surface area (Å²) in [7, 11) is 5.89. The molecule has 0 aliphatic rings. The maximum Gasteiger partial charge on any atom is 0.124 e. The van der Waals surface area contributed by atoms with E-state index in [1.54, 1.807) is 7.11 Å². The minimum Gasteiger partial charge on any atom is -0.496 e. The first-order chi connectivity index (χ1) is 13.2. The number of para-hydroxylation sites is 1. The van der Waals surface area contributed by atoms with E-state index in [0.29, 0.717) is 6.61 Å². The van der Waals surface area contributed by atoms with Crippen molar-refractivity contribution < 1.29 is 9.47 Å². The first kappa shape index (κ1) is 19.2. The lowest BCUT2D eigenvalue weighted by molar-refractivity contribution is -0.0154. The summed E-state index contributed by atoms with van der Waals surface area (Å²) >= 11 is 0. The van der Waals surface area contributed by atoms with Gasteiger partial charge in [0.1, 0.15) is 11.9 Å². The Kier molecular flexibility index (Phi) is 6.64. The molecule has 0 unspecified atom stereocenters. The smallest absolute Gasteiger partial charge is 0.124 e. The van der Waals surface area contributed by atoms with Crippen LogP contribution in [0.3, 0.4) is 0 Å². The van der Waals surface area contributed by atoms with E-state index in [-0.39, 0.29) is 12.1 Å².